The van der Waals surface area contributed by atoms with Gasteiger partial charge in [-0.1, -0.05) is 115 Å². The average molecular weight is 539 g/mol. The van der Waals surface area contributed by atoms with Crippen LogP contribution in [0.2, 0.25) is 0 Å². The van der Waals surface area contributed by atoms with Crippen LogP contribution in [0.4, 0.5) is 0 Å². The molecule has 0 unspecified atom stereocenters. The summed E-state index contributed by atoms with van der Waals surface area (Å²) in [5.74, 6) is 0.663. The normalized spacial score (nSPS) is 10.9. The maximum absolute atomic E-state index is 5.11. The first kappa shape index (κ1) is 25.2. The van der Waals surface area contributed by atoms with E-state index in [4.69, 9.17) is 9.97 Å². The van der Waals surface area contributed by atoms with E-state index in [0.717, 1.165) is 50.3 Å². The summed E-state index contributed by atoms with van der Waals surface area (Å²) in [6.45, 7) is 0. The molecule has 0 aliphatic heterocycles. The van der Waals surface area contributed by atoms with Gasteiger partial charge >= 0.3 is 0 Å². The van der Waals surface area contributed by atoms with E-state index < -0.39 is 0 Å². The fourth-order valence-corrected chi connectivity index (χ4v) is 5.14. The number of hydrogen-bond donors (Lipinski definition) is 0. The molecule has 0 N–H and O–H groups in total. The van der Waals surface area contributed by atoms with Crippen LogP contribution in [0, 0.1) is 0 Å². The Kier molecular flexibility index (Phi) is 6.85. The highest BCUT2D eigenvalue weighted by molar-refractivity contribution is 5.78. The second-order valence-corrected chi connectivity index (χ2v) is 10.1. The highest BCUT2D eigenvalue weighted by Gasteiger charge is 2.13. The lowest BCUT2D eigenvalue weighted by Crippen LogP contribution is -1.96. The molecule has 5 aromatic carbocycles. The first-order chi connectivity index (χ1) is 20.8. The minimum absolute atomic E-state index is 0.663. The monoisotopic (exact) mass is 538 g/mol. The van der Waals surface area contributed by atoms with E-state index in [2.05, 4.69) is 131 Å². The number of benzene rings is 5. The topological polar surface area (TPSA) is 51.6 Å². The summed E-state index contributed by atoms with van der Waals surface area (Å²) in [5.41, 5.74) is 11.3. The first-order valence-corrected chi connectivity index (χ1v) is 13.9. The SMILES string of the molecule is c1ccc(-c2cccc(-c3cc(-c4cccc(-c5ccccc5)c4)nc(-c4cccc(-c5cncnc5)c4)n3)c2)cc1. The predicted octanol–water partition coefficient (Wildman–Crippen LogP) is 9.27. The zero-order chi connectivity index (χ0) is 28.1. The molecular formula is C38H26N4. The van der Waals surface area contributed by atoms with Crippen molar-refractivity contribution in [3.8, 4) is 67.3 Å². The van der Waals surface area contributed by atoms with Gasteiger partial charge in [-0.3, -0.25) is 0 Å². The Morgan fingerprint density at radius 1 is 0.310 bits per heavy atom. The molecule has 0 amide bonds. The van der Waals surface area contributed by atoms with Gasteiger partial charge in [0.25, 0.3) is 0 Å². The molecule has 4 nitrogen and oxygen atoms in total. The molecule has 0 radical (unpaired) electrons. The summed E-state index contributed by atoms with van der Waals surface area (Å²) in [6, 6.07) is 48.2. The van der Waals surface area contributed by atoms with E-state index in [1.807, 2.05) is 30.6 Å². The average Bonchev–Trinajstić information content (AvgIpc) is 3.09. The highest BCUT2D eigenvalue weighted by Crippen LogP contribution is 2.32. The lowest BCUT2D eigenvalue weighted by atomic mass is 9.99. The fraction of sp³-hybridized carbons (Fsp3) is 0. The molecule has 0 spiro atoms. The van der Waals surface area contributed by atoms with Gasteiger partial charge in [0.2, 0.25) is 0 Å². The summed E-state index contributed by atoms with van der Waals surface area (Å²) in [5, 5.41) is 0. The van der Waals surface area contributed by atoms with E-state index >= 15 is 0 Å². The highest BCUT2D eigenvalue weighted by atomic mass is 14.9. The van der Waals surface area contributed by atoms with E-state index in [1.54, 1.807) is 6.33 Å². The van der Waals surface area contributed by atoms with E-state index in [0.29, 0.717) is 5.82 Å². The van der Waals surface area contributed by atoms with Gasteiger partial charge in [-0.2, -0.15) is 0 Å². The van der Waals surface area contributed by atoms with Crippen molar-refractivity contribution in [1.82, 2.24) is 19.9 Å². The van der Waals surface area contributed by atoms with Crippen LogP contribution in [-0.2, 0) is 0 Å². The lowest BCUT2D eigenvalue weighted by Gasteiger charge is -2.12. The number of hydrogen-bond acceptors (Lipinski definition) is 4. The summed E-state index contributed by atoms with van der Waals surface area (Å²) < 4.78 is 0. The molecule has 0 saturated heterocycles. The third-order valence-corrected chi connectivity index (χ3v) is 7.27. The van der Waals surface area contributed by atoms with Crippen LogP contribution in [-0.4, -0.2) is 19.9 Å². The van der Waals surface area contributed by atoms with Crippen molar-refractivity contribution in [2.24, 2.45) is 0 Å². The summed E-state index contributed by atoms with van der Waals surface area (Å²) >= 11 is 0. The van der Waals surface area contributed by atoms with Crippen molar-refractivity contribution in [2.45, 2.75) is 0 Å². The van der Waals surface area contributed by atoms with Gasteiger partial charge in [0.15, 0.2) is 5.82 Å². The van der Waals surface area contributed by atoms with Gasteiger partial charge in [0, 0.05) is 34.6 Å². The third-order valence-electron chi connectivity index (χ3n) is 7.27. The number of nitrogens with zero attached hydrogens (tertiary/aromatic N) is 4. The van der Waals surface area contributed by atoms with E-state index in [9.17, 15) is 0 Å². The Bertz CT molecular complexity index is 1730. The van der Waals surface area contributed by atoms with Gasteiger partial charge in [-0.05, 0) is 52.1 Å². The predicted molar refractivity (Wildman–Crippen MR) is 170 cm³/mol. The Balaban J connectivity index is 1.38. The summed E-state index contributed by atoms with van der Waals surface area (Å²) in [7, 11) is 0. The molecule has 0 saturated carbocycles. The number of aromatic nitrogens is 4. The van der Waals surface area contributed by atoms with Crippen LogP contribution in [0.5, 0.6) is 0 Å². The molecule has 198 valence electrons. The molecule has 0 aliphatic rings. The van der Waals surface area contributed by atoms with Crippen LogP contribution in [0.3, 0.4) is 0 Å². The van der Waals surface area contributed by atoms with Crippen molar-refractivity contribution in [2.75, 3.05) is 0 Å². The van der Waals surface area contributed by atoms with Crippen molar-refractivity contribution in [1.29, 1.82) is 0 Å². The van der Waals surface area contributed by atoms with Gasteiger partial charge in [-0.25, -0.2) is 19.9 Å². The molecule has 42 heavy (non-hydrogen) atoms. The lowest BCUT2D eigenvalue weighted by molar-refractivity contribution is 1.17. The Morgan fingerprint density at radius 3 is 1.24 bits per heavy atom. The summed E-state index contributed by atoms with van der Waals surface area (Å²) in [6.07, 6.45) is 5.18. The molecule has 0 aliphatic carbocycles. The minimum Gasteiger partial charge on any atom is -0.244 e. The maximum Gasteiger partial charge on any atom is 0.160 e. The molecule has 2 aromatic heterocycles. The van der Waals surface area contributed by atoms with Crippen LogP contribution in [0.15, 0.2) is 158 Å². The summed E-state index contributed by atoms with van der Waals surface area (Å²) in [4.78, 5) is 18.6. The third kappa shape index (κ3) is 5.34. The van der Waals surface area contributed by atoms with Gasteiger partial charge in [-0.15, -0.1) is 0 Å². The van der Waals surface area contributed by atoms with Crippen molar-refractivity contribution < 1.29 is 0 Å². The van der Waals surface area contributed by atoms with Crippen LogP contribution in [0.1, 0.15) is 0 Å². The van der Waals surface area contributed by atoms with Gasteiger partial charge < -0.3 is 0 Å². The molecule has 0 fully saturated rings. The number of rotatable bonds is 6. The molecule has 7 aromatic rings. The van der Waals surface area contributed by atoms with Gasteiger partial charge in [0.05, 0.1) is 11.4 Å². The fourth-order valence-electron chi connectivity index (χ4n) is 5.14. The Labute approximate surface area is 245 Å². The minimum atomic E-state index is 0.663. The van der Waals surface area contributed by atoms with Crippen molar-refractivity contribution in [3.05, 3.63) is 158 Å². The zero-order valence-electron chi connectivity index (χ0n) is 22.8. The van der Waals surface area contributed by atoms with E-state index in [1.165, 1.54) is 11.1 Å². The molecule has 4 heteroatoms. The maximum atomic E-state index is 5.11. The second kappa shape index (κ2) is 11.4. The second-order valence-electron chi connectivity index (χ2n) is 10.1. The smallest absolute Gasteiger partial charge is 0.160 e. The molecule has 0 bridgehead atoms. The van der Waals surface area contributed by atoms with Gasteiger partial charge in [0.1, 0.15) is 6.33 Å². The quantitative estimate of drug-likeness (QED) is 0.212. The van der Waals surface area contributed by atoms with E-state index in [-0.39, 0.29) is 0 Å². The molecular weight excluding hydrogens is 512 g/mol. The molecule has 2 heterocycles. The van der Waals surface area contributed by atoms with Crippen LogP contribution < -0.4 is 0 Å². The molecule has 0 atom stereocenters. The zero-order valence-corrected chi connectivity index (χ0v) is 22.8. The largest absolute Gasteiger partial charge is 0.244 e. The standard InChI is InChI=1S/C38H26N4/c1-3-10-27(11-4-1)29-14-7-17-32(20-29)36-23-37(33-18-8-15-30(21-33)28-12-5-2-6-13-28)42-38(41-36)34-19-9-16-31(22-34)35-24-39-26-40-25-35/h1-26H. The molecule has 7 rings (SSSR count). The Morgan fingerprint density at radius 2 is 0.714 bits per heavy atom. The van der Waals surface area contributed by atoms with Crippen molar-refractivity contribution >= 4 is 0 Å². The van der Waals surface area contributed by atoms with Crippen LogP contribution in [0.25, 0.3) is 67.3 Å². The Hall–Kier alpha value is -5.74. The van der Waals surface area contributed by atoms with Crippen molar-refractivity contribution in [3.63, 3.8) is 0 Å². The first-order valence-electron chi connectivity index (χ1n) is 13.9. The van der Waals surface area contributed by atoms with Crippen LogP contribution >= 0.6 is 0 Å².